The summed E-state index contributed by atoms with van der Waals surface area (Å²) >= 11 is 0. The molecule has 0 heterocycles. The van der Waals surface area contributed by atoms with Crippen molar-refractivity contribution in [1.82, 2.24) is 5.32 Å². The number of unbranched alkanes of at least 4 members (excludes halogenated alkanes) is 42. The van der Waals surface area contributed by atoms with Crippen LogP contribution in [0.1, 0.15) is 342 Å². The molecule has 0 rings (SSSR count). The van der Waals surface area contributed by atoms with Crippen LogP contribution >= 0.6 is 7.82 Å². The average Bonchev–Trinajstić information content (AvgIpc) is 3.44. The molecule has 0 aromatic carbocycles. The van der Waals surface area contributed by atoms with Gasteiger partial charge in [-0.2, -0.15) is 0 Å². The van der Waals surface area contributed by atoms with Gasteiger partial charge >= 0.3 is 5.97 Å². The highest BCUT2D eigenvalue weighted by molar-refractivity contribution is 7.45. The van der Waals surface area contributed by atoms with Crippen LogP contribution in [0.5, 0.6) is 0 Å². The maximum Gasteiger partial charge on any atom is 0.306 e. The molecule has 0 saturated carbocycles. The van der Waals surface area contributed by atoms with Crippen molar-refractivity contribution in [3.63, 3.8) is 0 Å². The number of phosphoric ester groups is 1. The lowest BCUT2D eigenvalue weighted by Gasteiger charge is -2.30. The van der Waals surface area contributed by atoms with Crippen LogP contribution in [-0.2, 0) is 27.9 Å². The molecule has 0 bridgehead atoms. The molecule has 0 aromatic heterocycles. The highest BCUT2D eigenvalue weighted by Gasteiger charge is 2.27. The van der Waals surface area contributed by atoms with Crippen LogP contribution in [0.3, 0.4) is 0 Å². The van der Waals surface area contributed by atoms with Crippen LogP contribution in [0.2, 0.25) is 0 Å². The first-order valence-electron chi connectivity index (χ1n) is 34.9. The van der Waals surface area contributed by atoms with Crippen LogP contribution in [0, 0.1) is 0 Å². The number of hydrogen-bond donors (Lipinski definition) is 1. The van der Waals surface area contributed by atoms with E-state index in [0.29, 0.717) is 17.4 Å². The summed E-state index contributed by atoms with van der Waals surface area (Å²) in [6.07, 6.45) is 76.6. The Bertz CT molecular complexity index is 1520. The molecule has 9 nitrogen and oxygen atoms in total. The predicted molar refractivity (Wildman–Crippen MR) is 349 cm³/mol. The summed E-state index contributed by atoms with van der Waals surface area (Å²) < 4.78 is 30.4. The van der Waals surface area contributed by atoms with E-state index < -0.39 is 20.0 Å². The molecule has 0 aromatic rings. The zero-order valence-corrected chi connectivity index (χ0v) is 55.4. The highest BCUT2D eigenvalue weighted by atomic mass is 31.2. The molecular weight excluding hydrogens is 1020 g/mol. The summed E-state index contributed by atoms with van der Waals surface area (Å²) in [7, 11) is 1.20. The Balaban J connectivity index is 5.04. The molecular formula is C71H135N2O7P. The molecule has 81 heavy (non-hydrogen) atoms. The van der Waals surface area contributed by atoms with Crippen LogP contribution in [0.4, 0.5) is 0 Å². The van der Waals surface area contributed by atoms with Gasteiger partial charge in [0.1, 0.15) is 19.3 Å². The first kappa shape index (κ1) is 79.0. The van der Waals surface area contributed by atoms with Gasteiger partial charge < -0.3 is 28.5 Å². The minimum absolute atomic E-state index is 0.0212. The molecule has 1 N–H and O–H groups in total. The van der Waals surface area contributed by atoms with Crippen LogP contribution in [0.25, 0.3) is 0 Å². The second kappa shape index (κ2) is 61.1. The largest absolute Gasteiger partial charge is 0.756 e. The van der Waals surface area contributed by atoms with Crippen molar-refractivity contribution in [3.05, 3.63) is 48.6 Å². The Morgan fingerprint density at radius 1 is 0.432 bits per heavy atom. The number of amides is 1. The number of allylic oxidation sites excluding steroid dienone is 7. The third kappa shape index (κ3) is 62.3. The third-order valence-electron chi connectivity index (χ3n) is 15.8. The number of quaternary nitrogens is 1. The van der Waals surface area contributed by atoms with Crippen molar-refractivity contribution in [2.75, 3.05) is 40.9 Å². The number of carbonyl (C=O) groups is 2. The van der Waals surface area contributed by atoms with Crippen molar-refractivity contribution in [1.29, 1.82) is 0 Å². The number of nitrogens with one attached hydrogen (secondary N) is 1. The number of ether oxygens (including phenoxy) is 1. The van der Waals surface area contributed by atoms with E-state index in [1.807, 2.05) is 33.3 Å². The predicted octanol–water partition coefficient (Wildman–Crippen LogP) is 21.4. The van der Waals surface area contributed by atoms with Gasteiger partial charge in [0.2, 0.25) is 5.91 Å². The number of carbonyl (C=O) groups excluding carboxylic acids is 2. The topological polar surface area (TPSA) is 114 Å². The Hall–Kier alpha value is -2.03. The second-order valence-corrected chi connectivity index (χ2v) is 26.5. The Morgan fingerprint density at radius 2 is 0.753 bits per heavy atom. The van der Waals surface area contributed by atoms with E-state index in [2.05, 4.69) is 62.5 Å². The highest BCUT2D eigenvalue weighted by Crippen LogP contribution is 2.38. The number of likely N-dealkylation sites (N-methyl/N-ethyl adjacent to an activating group) is 1. The van der Waals surface area contributed by atoms with Gasteiger partial charge in [-0.1, -0.05) is 307 Å². The quantitative estimate of drug-likeness (QED) is 0.0212. The van der Waals surface area contributed by atoms with Gasteiger partial charge in [-0.3, -0.25) is 14.2 Å². The van der Waals surface area contributed by atoms with Crippen molar-refractivity contribution in [3.8, 4) is 0 Å². The number of hydrogen-bond acceptors (Lipinski definition) is 7. The second-order valence-electron chi connectivity index (χ2n) is 25.0. The smallest absolute Gasteiger partial charge is 0.306 e. The lowest BCUT2D eigenvalue weighted by atomic mass is 10.0. The van der Waals surface area contributed by atoms with E-state index in [9.17, 15) is 19.0 Å². The summed E-state index contributed by atoms with van der Waals surface area (Å²) in [6, 6.07) is -0.888. The lowest BCUT2D eigenvalue weighted by molar-refractivity contribution is -0.870. The van der Waals surface area contributed by atoms with E-state index in [1.54, 1.807) is 0 Å². The third-order valence-corrected chi connectivity index (χ3v) is 16.7. The fourth-order valence-electron chi connectivity index (χ4n) is 10.4. The van der Waals surface area contributed by atoms with E-state index in [0.717, 1.165) is 70.6 Å². The summed E-state index contributed by atoms with van der Waals surface area (Å²) in [5.41, 5.74) is 0. The number of esters is 1. The molecule has 10 heteroatoms. The molecule has 3 atom stereocenters. The molecule has 0 aliphatic rings. The van der Waals surface area contributed by atoms with Gasteiger partial charge in [0.15, 0.2) is 0 Å². The molecule has 0 fully saturated rings. The Kier molecular flexibility index (Phi) is 59.5. The molecule has 0 aliphatic carbocycles. The molecule has 0 spiro atoms. The summed E-state index contributed by atoms with van der Waals surface area (Å²) in [6.45, 7) is 6.86. The Labute approximate surface area is 503 Å². The van der Waals surface area contributed by atoms with Gasteiger partial charge in [0, 0.05) is 12.8 Å². The average molecular weight is 1160 g/mol. The zero-order chi connectivity index (χ0) is 59.3. The minimum atomic E-state index is -4.70. The lowest BCUT2D eigenvalue weighted by Crippen LogP contribution is -2.47. The van der Waals surface area contributed by atoms with Crippen LogP contribution < -0.4 is 10.2 Å². The van der Waals surface area contributed by atoms with E-state index in [1.165, 1.54) is 238 Å². The first-order chi connectivity index (χ1) is 39.4. The molecule has 1 amide bonds. The molecule has 0 aliphatic heterocycles. The standard InChI is InChI=1S/C71H135N2O7P/c1-7-10-13-16-19-22-25-27-29-31-33-35-36-38-40-42-44-46-49-52-55-58-61-64-71(75)80-69(62-59-56-53-50-47-24-21-18-15-12-9-3)68(67-79-81(76,77)78-66-65-73(4,5)6)72-70(74)63-60-57-54-51-48-45-43-41-39-37-34-32-30-28-26-23-20-17-14-11-8-2/h19,22,27,29,33,35,59,62,68-69H,7-18,20-21,23-26,28,30-32,34,36-58,60-61,63-67H2,1-6H3,(H-,72,74,76,77)/b22-19-,29-27-,35-33-,62-59+. The molecule has 476 valence electrons. The van der Waals surface area contributed by atoms with Crippen molar-refractivity contribution >= 4 is 19.7 Å². The number of phosphoric acid groups is 1. The summed E-state index contributed by atoms with van der Waals surface area (Å²) in [4.78, 5) is 40.1. The maximum atomic E-state index is 13.6. The van der Waals surface area contributed by atoms with Gasteiger partial charge in [0.05, 0.1) is 33.8 Å². The van der Waals surface area contributed by atoms with Crippen LogP contribution in [0.15, 0.2) is 48.6 Å². The van der Waals surface area contributed by atoms with E-state index in [-0.39, 0.29) is 31.5 Å². The number of nitrogens with zero attached hydrogens (tertiary/aromatic N) is 1. The molecule has 0 saturated heterocycles. The first-order valence-corrected chi connectivity index (χ1v) is 36.4. The summed E-state index contributed by atoms with van der Waals surface area (Å²) in [5.74, 6) is -0.530. The van der Waals surface area contributed by atoms with Gasteiger partial charge in [-0.25, -0.2) is 0 Å². The zero-order valence-electron chi connectivity index (χ0n) is 54.5. The van der Waals surface area contributed by atoms with Crippen molar-refractivity contribution in [2.24, 2.45) is 0 Å². The minimum Gasteiger partial charge on any atom is -0.756 e. The normalized spacial score (nSPS) is 13.8. The monoisotopic (exact) mass is 1160 g/mol. The van der Waals surface area contributed by atoms with Crippen LogP contribution in [-0.4, -0.2) is 69.4 Å². The fourth-order valence-corrected chi connectivity index (χ4v) is 11.1. The van der Waals surface area contributed by atoms with Gasteiger partial charge in [0.25, 0.3) is 7.82 Å². The molecule has 0 radical (unpaired) electrons. The maximum absolute atomic E-state index is 13.6. The fraction of sp³-hybridized carbons (Fsp3) is 0.859. The van der Waals surface area contributed by atoms with Crippen molar-refractivity contribution in [2.45, 2.75) is 354 Å². The van der Waals surface area contributed by atoms with Crippen molar-refractivity contribution < 1.29 is 37.3 Å². The number of rotatable bonds is 64. The van der Waals surface area contributed by atoms with Gasteiger partial charge in [-0.05, 0) is 70.3 Å². The molecule has 3 unspecified atom stereocenters. The Morgan fingerprint density at radius 3 is 1.15 bits per heavy atom. The van der Waals surface area contributed by atoms with Gasteiger partial charge in [-0.15, -0.1) is 0 Å². The van der Waals surface area contributed by atoms with E-state index in [4.69, 9.17) is 13.8 Å². The summed E-state index contributed by atoms with van der Waals surface area (Å²) in [5, 5.41) is 3.04. The van der Waals surface area contributed by atoms with E-state index >= 15 is 0 Å². The SMILES string of the molecule is CCCCC/C=C\C/C=C\C/C=C\CCCCCCCCCCCCC(=O)OC(/C=C/CCCCCCCCCCC)C(COP(=O)([O-])OCC[N+](C)(C)C)NC(=O)CCCCCCCCCCCCCCCCCCCCCCC.